The average molecular weight is 444 g/mol. The Hall–Kier alpha value is -4.31. The lowest BCUT2D eigenvalue weighted by atomic mass is 10.0. The molecule has 0 aliphatic carbocycles. The Morgan fingerprint density at radius 1 is 0.647 bits per heavy atom. The number of aryl methyl sites for hydroxylation is 1. The van der Waals surface area contributed by atoms with Crippen molar-refractivity contribution in [3.8, 4) is 22.5 Å². The van der Waals surface area contributed by atoms with E-state index in [-0.39, 0.29) is 5.91 Å². The number of aromatic nitrogens is 2. The van der Waals surface area contributed by atoms with Crippen molar-refractivity contribution in [2.24, 2.45) is 0 Å². The fraction of sp³-hybridized carbons (Fsp3) is 0.100. The molecule has 0 bridgehead atoms. The summed E-state index contributed by atoms with van der Waals surface area (Å²) < 4.78 is 0. The monoisotopic (exact) mass is 443 g/mol. The predicted octanol–water partition coefficient (Wildman–Crippen LogP) is 6.33. The maximum atomic E-state index is 12.8. The quantitative estimate of drug-likeness (QED) is 0.299. The van der Waals surface area contributed by atoms with Crippen LogP contribution in [-0.2, 0) is 6.42 Å². The van der Waals surface area contributed by atoms with Crippen LogP contribution in [0.15, 0.2) is 109 Å². The lowest BCUT2D eigenvalue weighted by Crippen LogP contribution is -2.24. The summed E-state index contributed by atoms with van der Waals surface area (Å²) in [6, 6.07) is 36.0. The highest BCUT2D eigenvalue weighted by atomic mass is 16.1. The second-order valence-corrected chi connectivity index (χ2v) is 8.20. The van der Waals surface area contributed by atoms with E-state index in [0.29, 0.717) is 17.6 Å². The van der Waals surface area contributed by atoms with Crippen molar-refractivity contribution < 1.29 is 4.79 Å². The van der Waals surface area contributed by atoms with Gasteiger partial charge in [0.15, 0.2) is 0 Å². The molecule has 0 aliphatic rings. The molecule has 5 rings (SSSR count). The lowest BCUT2D eigenvalue weighted by Gasteiger charge is -2.11. The molecule has 4 heteroatoms. The minimum atomic E-state index is -0.0924. The number of carbonyl (C=O) groups is 1. The van der Waals surface area contributed by atoms with Crippen LogP contribution in [0.2, 0.25) is 0 Å². The zero-order valence-corrected chi connectivity index (χ0v) is 18.8. The number of hydrogen-bond acceptors (Lipinski definition) is 3. The minimum Gasteiger partial charge on any atom is -0.352 e. The van der Waals surface area contributed by atoms with Crippen LogP contribution in [0.25, 0.3) is 33.5 Å². The molecule has 0 saturated carbocycles. The summed E-state index contributed by atoms with van der Waals surface area (Å²) in [5.74, 6) is -0.0924. The van der Waals surface area contributed by atoms with Gasteiger partial charge in [-0.15, -0.1) is 0 Å². The van der Waals surface area contributed by atoms with Crippen molar-refractivity contribution >= 4 is 16.9 Å². The standard InChI is InChI=1S/C30H25N3O/c34-30(31-20-10-13-22-11-4-1-5-12-22)25-18-19-26-27(21-25)33-29(24-16-8-3-9-17-24)28(32-26)23-14-6-2-7-15-23/h1-9,11-12,14-19,21H,10,13,20H2,(H,31,34). The Labute approximate surface area is 199 Å². The Balaban J connectivity index is 1.40. The van der Waals surface area contributed by atoms with Crippen molar-refractivity contribution in [1.82, 2.24) is 15.3 Å². The molecule has 0 aliphatic heterocycles. The van der Waals surface area contributed by atoms with E-state index in [0.717, 1.165) is 40.9 Å². The van der Waals surface area contributed by atoms with E-state index in [1.165, 1.54) is 5.56 Å². The number of nitrogens with zero attached hydrogens (tertiary/aromatic N) is 2. The van der Waals surface area contributed by atoms with Gasteiger partial charge in [0.25, 0.3) is 5.91 Å². The van der Waals surface area contributed by atoms with Gasteiger partial charge in [0.2, 0.25) is 0 Å². The maximum Gasteiger partial charge on any atom is 0.251 e. The van der Waals surface area contributed by atoms with Gasteiger partial charge in [0.1, 0.15) is 0 Å². The molecule has 0 radical (unpaired) electrons. The van der Waals surface area contributed by atoms with Crippen LogP contribution in [0.5, 0.6) is 0 Å². The molecule has 4 aromatic carbocycles. The number of benzene rings is 4. The summed E-state index contributed by atoms with van der Waals surface area (Å²) in [6.45, 7) is 0.625. The minimum absolute atomic E-state index is 0.0924. The van der Waals surface area contributed by atoms with E-state index in [1.807, 2.05) is 97.1 Å². The fourth-order valence-electron chi connectivity index (χ4n) is 4.03. The molecule has 5 aromatic rings. The molecule has 1 heterocycles. The average Bonchev–Trinajstić information content (AvgIpc) is 2.91. The molecule has 0 fully saturated rings. The lowest BCUT2D eigenvalue weighted by molar-refractivity contribution is 0.0953. The third kappa shape index (κ3) is 4.86. The van der Waals surface area contributed by atoms with Crippen molar-refractivity contribution in [3.63, 3.8) is 0 Å². The third-order valence-corrected chi connectivity index (χ3v) is 5.79. The number of carbonyl (C=O) groups excluding carboxylic acids is 1. The summed E-state index contributed by atoms with van der Waals surface area (Å²) in [5, 5.41) is 3.03. The largest absolute Gasteiger partial charge is 0.352 e. The van der Waals surface area contributed by atoms with Gasteiger partial charge in [-0.2, -0.15) is 0 Å². The van der Waals surface area contributed by atoms with E-state index in [1.54, 1.807) is 0 Å². The molecule has 1 aromatic heterocycles. The molecular weight excluding hydrogens is 418 g/mol. The van der Waals surface area contributed by atoms with Gasteiger partial charge >= 0.3 is 0 Å². The first kappa shape index (κ1) is 21.5. The number of fused-ring (bicyclic) bond motifs is 1. The SMILES string of the molecule is O=C(NCCCc1ccccc1)c1ccc2nc(-c3ccccc3)c(-c3ccccc3)nc2c1. The first-order valence-electron chi connectivity index (χ1n) is 11.5. The highest BCUT2D eigenvalue weighted by Crippen LogP contribution is 2.31. The van der Waals surface area contributed by atoms with Crippen molar-refractivity contribution in [3.05, 3.63) is 120 Å². The summed E-state index contributed by atoms with van der Waals surface area (Å²) in [4.78, 5) is 22.7. The fourth-order valence-corrected chi connectivity index (χ4v) is 4.03. The maximum absolute atomic E-state index is 12.8. The zero-order valence-electron chi connectivity index (χ0n) is 18.8. The van der Waals surface area contributed by atoms with Gasteiger partial charge in [-0.25, -0.2) is 9.97 Å². The van der Waals surface area contributed by atoms with Crippen LogP contribution in [-0.4, -0.2) is 22.4 Å². The summed E-state index contributed by atoms with van der Waals surface area (Å²) in [6.07, 6.45) is 1.83. The normalized spacial score (nSPS) is 10.8. The molecule has 1 amide bonds. The summed E-state index contributed by atoms with van der Waals surface area (Å²) in [5.41, 5.74) is 6.97. The predicted molar refractivity (Wildman–Crippen MR) is 138 cm³/mol. The van der Waals surface area contributed by atoms with Crippen LogP contribution in [0.1, 0.15) is 22.3 Å². The molecule has 1 N–H and O–H groups in total. The highest BCUT2D eigenvalue weighted by Gasteiger charge is 2.14. The van der Waals surface area contributed by atoms with Gasteiger partial charge in [-0.05, 0) is 36.6 Å². The number of nitrogens with one attached hydrogen (secondary N) is 1. The topological polar surface area (TPSA) is 54.9 Å². The third-order valence-electron chi connectivity index (χ3n) is 5.79. The zero-order chi connectivity index (χ0) is 23.2. The molecule has 4 nitrogen and oxygen atoms in total. The van der Waals surface area contributed by atoms with E-state index in [2.05, 4.69) is 17.4 Å². The molecule has 0 saturated heterocycles. The van der Waals surface area contributed by atoms with Gasteiger partial charge in [-0.1, -0.05) is 91.0 Å². The van der Waals surface area contributed by atoms with Crippen LogP contribution < -0.4 is 5.32 Å². The Kier molecular flexibility index (Phi) is 6.39. The van der Waals surface area contributed by atoms with Gasteiger partial charge in [0.05, 0.1) is 22.4 Å². The van der Waals surface area contributed by atoms with Crippen molar-refractivity contribution in [2.75, 3.05) is 6.54 Å². The number of rotatable bonds is 7. The Morgan fingerprint density at radius 3 is 1.82 bits per heavy atom. The number of amides is 1. The van der Waals surface area contributed by atoms with Crippen LogP contribution in [0.3, 0.4) is 0 Å². The van der Waals surface area contributed by atoms with Gasteiger partial charge in [-0.3, -0.25) is 4.79 Å². The molecule has 34 heavy (non-hydrogen) atoms. The number of hydrogen-bond donors (Lipinski definition) is 1. The Morgan fingerprint density at radius 2 is 1.21 bits per heavy atom. The summed E-state index contributed by atoms with van der Waals surface area (Å²) in [7, 11) is 0. The molecule has 0 unspecified atom stereocenters. The molecular formula is C30H25N3O. The molecule has 0 atom stereocenters. The van der Waals surface area contributed by atoms with E-state index >= 15 is 0 Å². The first-order chi connectivity index (χ1) is 16.8. The van der Waals surface area contributed by atoms with Crippen molar-refractivity contribution in [1.29, 1.82) is 0 Å². The van der Waals surface area contributed by atoms with Gasteiger partial charge in [0, 0.05) is 23.2 Å². The van der Waals surface area contributed by atoms with Crippen molar-refractivity contribution in [2.45, 2.75) is 12.8 Å². The Bertz CT molecular complexity index is 1400. The van der Waals surface area contributed by atoms with Crippen LogP contribution in [0, 0.1) is 0 Å². The second kappa shape index (κ2) is 10.1. The molecule has 0 spiro atoms. The van der Waals surface area contributed by atoms with Gasteiger partial charge < -0.3 is 5.32 Å². The second-order valence-electron chi connectivity index (χ2n) is 8.20. The van der Waals surface area contributed by atoms with E-state index in [4.69, 9.17) is 9.97 Å². The van der Waals surface area contributed by atoms with Crippen LogP contribution in [0.4, 0.5) is 0 Å². The van der Waals surface area contributed by atoms with E-state index < -0.39 is 0 Å². The van der Waals surface area contributed by atoms with Crippen LogP contribution >= 0.6 is 0 Å². The first-order valence-corrected chi connectivity index (χ1v) is 11.5. The smallest absolute Gasteiger partial charge is 0.251 e. The molecule has 166 valence electrons. The van der Waals surface area contributed by atoms with E-state index in [9.17, 15) is 4.79 Å². The highest BCUT2D eigenvalue weighted by molar-refractivity contribution is 5.98. The summed E-state index contributed by atoms with van der Waals surface area (Å²) >= 11 is 0.